The number of carbonyl (C=O) groups is 2. The summed E-state index contributed by atoms with van der Waals surface area (Å²) in [6.07, 6.45) is 7.65. The van der Waals surface area contributed by atoms with Gasteiger partial charge in [0, 0.05) is 22.4 Å². The number of furan rings is 1. The zero-order chi connectivity index (χ0) is 26.2. The van der Waals surface area contributed by atoms with Crippen LogP contribution in [0, 0.1) is 5.92 Å². The van der Waals surface area contributed by atoms with E-state index in [-0.39, 0.29) is 17.7 Å². The van der Waals surface area contributed by atoms with E-state index in [4.69, 9.17) is 14.3 Å². The minimum atomic E-state index is -0.508. The molecule has 2 atom stereocenters. The van der Waals surface area contributed by atoms with Crippen LogP contribution < -0.4 is 4.74 Å². The molecule has 6 rings (SSSR count). The third kappa shape index (κ3) is 4.26. The number of methoxy groups -OCH3 is 1. The van der Waals surface area contributed by atoms with Crippen LogP contribution >= 0.6 is 15.9 Å². The number of hydrazone groups is 1. The van der Waals surface area contributed by atoms with Crippen LogP contribution in [-0.4, -0.2) is 35.4 Å². The molecule has 0 N–H and O–H groups in total. The molecule has 2 amide bonds. The van der Waals surface area contributed by atoms with Gasteiger partial charge >= 0.3 is 0 Å². The van der Waals surface area contributed by atoms with Crippen molar-refractivity contribution >= 4 is 44.7 Å². The monoisotopic (exact) mass is 567 g/mol. The van der Waals surface area contributed by atoms with E-state index in [1.165, 1.54) is 5.01 Å². The molecular weight excluding hydrogens is 546 g/mol. The number of nitrogens with zero attached hydrogens (tertiary/aromatic N) is 3. The molecule has 3 aromatic rings. The number of aliphatic imine (C=N–C) groups is 1. The van der Waals surface area contributed by atoms with Gasteiger partial charge in [0.05, 0.1) is 30.4 Å². The number of hydrogen-bond acceptors (Lipinski definition) is 5. The van der Waals surface area contributed by atoms with E-state index >= 15 is 0 Å². The Hall–Kier alpha value is -4.30. The minimum Gasteiger partial charge on any atom is -0.497 e. The van der Waals surface area contributed by atoms with Crippen molar-refractivity contribution in [3.8, 4) is 5.75 Å². The molecule has 0 radical (unpaired) electrons. The van der Waals surface area contributed by atoms with Gasteiger partial charge in [-0.3, -0.25) is 9.59 Å². The van der Waals surface area contributed by atoms with E-state index in [0.717, 1.165) is 15.6 Å². The van der Waals surface area contributed by atoms with E-state index in [1.54, 1.807) is 43.7 Å². The number of allylic oxidation sites excluding steroid dienone is 5. The normalized spacial score (nSPS) is 20.6. The van der Waals surface area contributed by atoms with Gasteiger partial charge in [-0.05, 0) is 59.7 Å². The van der Waals surface area contributed by atoms with Crippen molar-refractivity contribution in [1.82, 2.24) is 5.01 Å². The molecule has 2 unspecified atom stereocenters. The van der Waals surface area contributed by atoms with Gasteiger partial charge in [-0.15, -0.1) is 0 Å². The highest BCUT2D eigenvalue weighted by molar-refractivity contribution is 9.11. The van der Waals surface area contributed by atoms with Crippen LogP contribution in [0.4, 0.5) is 0 Å². The highest BCUT2D eigenvalue weighted by Gasteiger charge is 2.41. The lowest BCUT2D eigenvalue weighted by Gasteiger charge is -2.27. The van der Waals surface area contributed by atoms with Crippen molar-refractivity contribution in [3.63, 3.8) is 0 Å². The second-order valence-electron chi connectivity index (χ2n) is 9.02. The summed E-state index contributed by atoms with van der Waals surface area (Å²) in [6, 6.07) is 19.7. The molecule has 0 saturated heterocycles. The van der Waals surface area contributed by atoms with Gasteiger partial charge in [0.2, 0.25) is 0 Å². The average Bonchev–Trinajstić information content (AvgIpc) is 3.63. The van der Waals surface area contributed by atoms with E-state index < -0.39 is 6.04 Å². The molecule has 0 saturated carbocycles. The average molecular weight is 568 g/mol. The maximum Gasteiger partial charge on any atom is 0.279 e. The number of hydrogen-bond donors (Lipinski definition) is 0. The summed E-state index contributed by atoms with van der Waals surface area (Å²) >= 11 is 3.58. The molecule has 0 bridgehead atoms. The Morgan fingerprint density at radius 3 is 2.55 bits per heavy atom. The van der Waals surface area contributed by atoms with Gasteiger partial charge < -0.3 is 9.15 Å². The first-order valence-corrected chi connectivity index (χ1v) is 12.9. The largest absolute Gasteiger partial charge is 0.497 e. The Morgan fingerprint density at radius 1 is 1.05 bits per heavy atom. The Labute approximate surface area is 227 Å². The molecule has 2 aliphatic heterocycles. The number of halogens is 1. The van der Waals surface area contributed by atoms with Crippen molar-refractivity contribution in [3.05, 3.63) is 118 Å². The topological polar surface area (TPSA) is 84.5 Å². The Kier molecular flexibility index (Phi) is 6.25. The van der Waals surface area contributed by atoms with Crippen molar-refractivity contribution < 1.29 is 18.7 Å². The number of rotatable bonds is 5. The molecule has 3 aliphatic rings. The van der Waals surface area contributed by atoms with E-state index in [2.05, 4.69) is 20.9 Å². The van der Waals surface area contributed by atoms with Crippen LogP contribution in [0.15, 0.2) is 116 Å². The highest BCUT2D eigenvalue weighted by Crippen LogP contribution is 2.41. The molecule has 8 heteroatoms. The van der Waals surface area contributed by atoms with Gasteiger partial charge in [-0.25, -0.2) is 10.0 Å². The Morgan fingerprint density at radius 2 is 1.84 bits per heavy atom. The quantitative estimate of drug-likeness (QED) is 0.371. The van der Waals surface area contributed by atoms with Gasteiger partial charge in [0.25, 0.3) is 11.8 Å². The molecule has 1 aliphatic carbocycles. The lowest BCUT2D eigenvalue weighted by atomic mass is 9.79. The number of fused-ring (bicyclic) bond motifs is 1. The number of dihydropyridines is 1. The van der Waals surface area contributed by atoms with E-state index in [0.29, 0.717) is 40.5 Å². The zero-order valence-electron chi connectivity index (χ0n) is 20.4. The van der Waals surface area contributed by atoms with Crippen molar-refractivity contribution in [2.75, 3.05) is 7.11 Å². The van der Waals surface area contributed by atoms with Crippen LogP contribution in [-0.2, 0) is 4.79 Å². The number of carbonyl (C=O) groups excluding carboxylic acids is 2. The predicted octanol–water partition coefficient (Wildman–Crippen LogP) is 6.13. The summed E-state index contributed by atoms with van der Waals surface area (Å²) < 4.78 is 11.8. The Bertz CT molecular complexity index is 1570. The summed E-state index contributed by atoms with van der Waals surface area (Å²) in [5.41, 5.74) is 3.75. The zero-order valence-corrected chi connectivity index (χ0v) is 22.0. The summed E-state index contributed by atoms with van der Waals surface area (Å²) in [7, 11) is 1.57. The summed E-state index contributed by atoms with van der Waals surface area (Å²) in [5, 5.41) is 6.17. The first-order chi connectivity index (χ1) is 18.5. The van der Waals surface area contributed by atoms with Crippen LogP contribution in [0.2, 0.25) is 0 Å². The van der Waals surface area contributed by atoms with Crippen molar-refractivity contribution in [2.45, 2.75) is 12.5 Å². The maximum absolute atomic E-state index is 13.7. The van der Waals surface area contributed by atoms with Crippen molar-refractivity contribution in [1.29, 1.82) is 0 Å². The fraction of sp³-hybridized carbons (Fsp3) is 0.133. The van der Waals surface area contributed by atoms with E-state index in [9.17, 15) is 9.59 Å². The third-order valence-corrected chi connectivity index (χ3v) is 7.31. The minimum absolute atomic E-state index is 0.236. The first-order valence-electron chi connectivity index (χ1n) is 12.1. The second-order valence-corrected chi connectivity index (χ2v) is 9.94. The first kappa shape index (κ1) is 24.1. The number of amides is 2. The molecule has 38 heavy (non-hydrogen) atoms. The summed E-state index contributed by atoms with van der Waals surface area (Å²) in [5.74, 6) is 0.321. The smallest absolute Gasteiger partial charge is 0.279 e. The molecule has 1 aromatic heterocycles. The SMILES string of the molecule is COc1ccc(C(=O)N2N=C(C3=C(c4ccccc4)C4C=C(Br)C=CC4=NC3=O)CC2c2ccco2)cc1. The van der Waals surface area contributed by atoms with Crippen LogP contribution in [0.3, 0.4) is 0 Å². The molecule has 188 valence electrons. The van der Waals surface area contributed by atoms with Crippen LogP contribution in [0.25, 0.3) is 5.57 Å². The molecule has 7 nitrogen and oxygen atoms in total. The Balaban J connectivity index is 1.49. The molecular formula is C30H22BrN3O4. The lowest BCUT2D eigenvalue weighted by Crippen LogP contribution is -2.27. The molecule has 0 fully saturated rings. The lowest BCUT2D eigenvalue weighted by molar-refractivity contribution is -0.113. The van der Waals surface area contributed by atoms with Crippen LogP contribution in [0.1, 0.15) is 34.1 Å². The highest BCUT2D eigenvalue weighted by atomic mass is 79.9. The van der Waals surface area contributed by atoms with Crippen LogP contribution in [0.5, 0.6) is 5.75 Å². The van der Waals surface area contributed by atoms with Gasteiger partial charge in [-0.2, -0.15) is 5.10 Å². The number of ether oxygens (including phenoxy) is 1. The fourth-order valence-electron chi connectivity index (χ4n) is 4.99. The number of benzene rings is 2. The maximum atomic E-state index is 13.7. The predicted molar refractivity (Wildman–Crippen MR) is 148 cm³/mol. The van der Waals surface area contributed by atoms with Gasteiger partial charge in [0.1, 0.15) is 17.6 Å². The van der Waals surface area contributed by atoms with Crippen molar-refractivity contribution in [2.24, 2.45) is 16.0 Å². The van der Waals surface area contributed by atoms with E-state index in [1.807, 2.05) is 54.6 Å². The van der Waals surface area contributed by atoms with Gasteiger partial charge in [-0.1, -0.05) is 52.3 Å². The summed E-state index contributed by atoms with van der Waals surface area (Å²) in [4.78, 5) is 31.7. The molecule has 3 heterocycles. The summed E-state index contributed by atoms with van der Waals surface area (Å²) in [6.45, 7) is 0. The standard InChI is InChI=1S/C30H22BrN3O4/c1-37-21-12-9-19(10-13-21)30(36)34-25(26-8-5-15-38-26)17-24(33-34)28-27(18-6-3-2-4-7-18)22-16-20(31)11-14-23(22)32-29(28)35/h2-16,22,25H,17H2,1H3. The molecule has 0 spiro atoms. The second kappa shape index (κ2) is 9.87. The fourth-order valence-corrected chi connectivity index (χ4v) is 5.38. The molecule has 2 aromatic carbocycles. The third-order valence-electron chi connectivity index (χ3n) is 6.78. The van der Waals surface area contributed by atoms with Gasteiger partial charge in [0.15, 0.2) is 0 Å².